The molecule has 0 atom stereocenters. The number of fused-ring (bicyclic) bond motifs is 1. The summed E-state index contributed by atoms with van der Waals surface area (Å²) in [6.45, 7) is 0. The molecule has 0 saturated carbocycles. The Morgan fingerprint density at radius 2 is 1.90 bits per heavy atom. The predicted octanol–water partition coefficient (Wildman–Crippen LogP) is 5.17. The number of rotatable bonds is 1. The Labute approximate surface area is 116 Å². The predicted molar refractivity (Wildman–Crippen MR) is 69.5 cm³/mol. The maximum absolute atomic E-state index is 13.2. The van der Waals surface area contributed by atoms with Gasteiger partial charge in [0.05, 0.1) is 17.3 Å². The molecule has 2 nitrogen and oxygen atoms in total. The molecule has 0 amide bonds. The van der Waals surface area contributed by atoms with Crippen LogP contribution in [0.15, 0.2) is 47.1 Å². The highest BCUT2D eigenvalue weighted by molar-refractivity contribution is 6.31. The number of hydrogen-bond acceptors (Lipinski definition) is 2. The zero-order chi connectivity index (χ0) is 14.3. The van der Waals surface area contributed by atoms with Crippen molar-refractivity contribution < 1.29 is 17.6 Å². The SMILES string of the molecule is FC(F)(F)c1cc(-c2ccco2)nc2ccc(Cl)cc12. The summed E-state index contributed by atoms with van der Waals surface area (Å²) in [6.07, 6.45) is -3.11. The van der Waals surface area contributed by atoms with Gasteiger partial charge >= 0.3 is 6.18 Å². The molecule has 6 heteroatoms. The van der Waals surface area contributed by atoms with Gasteiger partial charge in [-0.15, -0.1) is 0 Å². The Balaban J connectivity index is 2.34. The summed E-state index contributed by atoms with van der Waals surface area (Å²) < 4.78 is 44.6. The van der Waals surface area contributed by atoms with Gasteiger partial charge in [0.2, 0.25) is 0 Å². The van der Waals surface area contributed by atoms with Crippen LogP contribution in [0, 0.1) is 0 Å². The number of furan rings is 1. The summed E-state index contributed by atoms with van der Waals surface area (Å²) >= 11 is 5.77. The van der Waals surface area contributed by atoms with Gasteiger partial charge in [0.15, 0.2) is 5.76 Å². The molecular weight excluding hydrogens is 291 g/mol. The normalized spacial score (nSPS) is 12.0. The molecule has 0 N–H and O–H groups in total. The van der Waals surface area contributed by atoms with Gasteiger partial charge in [0.25, 0.3) is 0 Å². The van der Waals surface area contributed by atoms with Crippen LogP contribution in [0.3, 0.4) is 0 Å². The summed E-state index contributed by atoms with van der Waals surface area (Å²) in [5.74, 6) is 0.285. The van der Waals surface area contributed by atoms with E-state index in [0.29, 0.717) is 0 Å². The third-order valence-electron chi connectivity index (χ3n) is 2.85. The molecule has 0 saturated heterocycles. The van der Waals surface area contributed by atoms with Crippen LogP contribution in [0.4, 0.5) is 13.2 Å². The monoisotopic (exact) mass is 297 g/mol. The fourth-order valence-corrected chi connectivity index (χ4v) is 2.16. The molecule has 1 aromatic carbocycles. The number of pyridine rings is 1. The lowest BCUT2D eigenvalue weighted by molar-refractivity contribution is -0.136. The first-order valence-corrected chi connectivity index (χ1v) is 6.04. The summed E-state index contributed by atoms with van der Waals surface area (Å²) in [6, 6.07) is 8.35. The van der Waals surface area contributed by atoms with E-state index in [1.165, 1.54) is 24.5 Å². The highest BCUT2D eigenvalue weighted by Gasteiger charge is 2.33. The van der Waals surface area contributed by atoms with E-state index in [0.717, 1.165) is 6.07 Å². The van der Waals surface area contributed by atoms with E-state index in [-0.39, 0.29) is 27.4 Å². The maximum atomic E-state index is 13.2. The number of alkyl halides is 3. The van der Waals surface area contributed by atoms with E-state index in [9.17, 15) is 13.2 Å². The van der Waals surface area contributed by atoms with Gasteiger partial charge in [-0.1, -0.05) is 11.6 Å². The van der Waals surface area contributed by atoms with Crippen molar-refractivity contribution in [3.8, 4) is 11.5 Å². The minimum absolute atomic E-state index is 0.0275. The lowest BCUT2D eigenvalue weighted by Crippen LogP contribution is -2.07. The van der Waals surface area contributed by atoms with Gasteiger partial charge in [0, 0.05) is 10.4 Å². The lowest BCUT2D eigenvalue weighted by Gasteiger charge is -2.12. The van der Waals surface area contributed by atoms with Crippen LogP contribution >= 0.6 is 11.6 Å². The molecular formula is C14H7ClF3NO. The molecule has 3 aromatic rings. The Morgan fingerprint density at radius 1 is 1.10 bits per heavy atom. The molecule has 0 aliphatic heterocycles. The molecule has 20 heavy (non-hydrogen) atoms. The lowest BCUT2D eigenvalue weighted by atomic mass is 10.1. The summed E-state index contributed by atoms with van der Waals surface area (Å²) in [5.41, 5.74) is -0.427. The molecule has 0 aliphatic rings. The average Bonchev–Trinajstić information content (AvgIpc) is 2.90. The maximum Gasteiger partial charge on any atom is 0.417 e. The second-order valence-electron chi connectivity index (χ2n) is 4.19. The van der Waals surface area contributed by atoms with E-state index >= 15 is 0 Å². The van der Waals surface area contributed by atoms with Gasteiger partial charge in [-0.3, -0.25) is 0 Å². The molecule has 0 unspecified atom stereocenters. The average molecular weight is 298 g/mol. The number of aromatic nitrogens is 1. The van der Waals surface area contributed by atoms with E-state index in [2.05, 4.69) is 4.98 Å². The number of nitrogens with zero attached hydrogens (tertiary/aromatic N) is 1. The Bertz CT molecular complexity index is 766. The van der Waals surface area contributed by atoms with Crippen molar-refractivity contribution in [1.82, 2.24) is 4.98 Å². The Kier molecular flexibility index (Phi) is 2.94. The minimum Gasteiger partial charge on any atom is -0.463 e. The fourth-order valence-electron chi connectivity index (χ4n) is 1.98. The van der Waals surface area contributed by atoms with Crippen LogP contribution in [0.5, 0.6) is 0 Å². The van der Waals surface area contributed by atoms with Gasteiger partial charge in [-0.05, 0) is 36.4 Å². The fraction of sp³-hybridized carbons (Fsp3) is 0.0714. The van der Waals surface area contributed by atoms with Crippen molar-refractivity contribution >= 4 is 22.5 Å². The standard InChI is InChI=1S/C14H7ClF3NO/c15-8-3-4-11-9(6-8)10(14(16,17)18)7-12(19-11)13-2-1-5-20-13/h1-7H. The smallest absolute Gasteiger partial charge is 0.417 e. The number of hydrogen-bond donors (Lipinski definition) is 0. The van der Waals surface area contributed by atoms with Crippen molar-refractivity contribution in [3.05, 3.63) is 53.2 Å². The van der Waals surface area contributed by atoms with Crippen LogP contribution in [0.2, 0.25) is 5.02 Å². The van der Waals surface area contributed by atoms with E-state index in [1.807, 2.05) is 0 Å². The van der Waals surface area contributed by atoms with E-state index in [1.54, 1.807) is 12.1 Å². The summed E-state index contributed by atoms with van der Waals surface area (Å²) in [4.78, 5) is 4.18. The molecule has 0 bridgehead atoms. The van der Waals surface area contributed by atoms with Gasteiger partial charge in [0.1, 0.15) is 5.69 Å². The van der Waals surface area contributed by atoms with E-state index < -0.39 is 11.7 Å². The largest absolute Gasteiger partial charge is 0.463 e. The molecule has 2 heterocycles. The van der Waals surface area contributed by atoms with E-state index in [4.69, 9.17) is 16.0 Å². The molecule has 0 radical (unpaired) electrons. The van der Waals surface area contributed by atoms with Crippen LogP contribution < -0.4 is 0 Å². The van der Waals surface area contributed by atoms with Crippen molar-refractivity contribution in [2.24, 2.45) is 0 Å². The van der Waals surface area contributed by atoms with Gasteiger partial charge in [-0.2, -0.15) is 13.2 Å². The molecule has 102 valence electrons. The highest BCUT2D eigenvalue weighted by Crippen LogP contribution is 2.37. The van der Waals surface area contributed by atoms with Crippen LogP contribution in [0.25, 0.3) is 22.4 Å². The highest BCUT2D eigenvalue weighted by atomic mass is 35.5. The first-order valence-electron chi connectivity index (χ1n) is 5.66. The van der Waals surface area contributed by atoms with Gasteiger partial charge < -0.3 is 4.42 Å². The van der Waals surface area contributed by atoms with Crippen molar-refractivity contribution in [2.45, 2.75) is 6.18 Å². The topological polar surface area (TPSA) is 26.0 Å². The first kappa shape index (κ1) is 13.0. The van der Waals surface area contributed by atoms with Crippen molar-refractivity contribution in [3.63, 3.8) is 0 Å². The number of benzene rings is 1. The summed E-state index contributed by atoms with van der Waals surface area (Å²) in [5, 5.41) is 0.204. The molecule has 3 rings (SSSR count). The van der Waals surface area contributed by atoms with Crippen LogP contribution in [0.1, 0.15) is 5.56 Å². The minimum atomic E-state index is -4.49. The number of halogens is 4. The second kappa shape index (κ2) is 4.52. The summed E-state index contributed by atoms with van der Waals surface area (Å²) in [7, 11) is 0. The zero-order valence-corrected chi connectivity index (χ0v) is 10.7. The van der Waals surface area contributed by atoms with Gasteiger partial charge in [-0.25, -0.2) is 4.98 Å². The quantitative estimate of drug-likeness (QED) is 0.619. The Morgan fingerprint density at radius 3 is 2.55 bits per heavy atom. The van der Waals surface area contributed by atoms with Crippen LogP contribution in [-0.2, 0) is 6.18 Å². The molecule has 2 aromatic heterocycles. The molecule has 0 spiro atoms. The zero-order valence-electron chi connectivity index (χ0n) is 9.91. The van der Waals surface area contributed by atoms with Crippen molar-refractivity contribution in [1.29, 1.82) is 0 Å². The third kappa shape index (κ3) is 2.25. The van der Waals surface area contributed by atoms with Crippen molar-refractivity contribution in [2.75, 3.05) is 0 Å². The Hall–Kier alpha value is -2.01. The third-order valence-corrected chi connectivity index (χ3v) is 3.08. The second-order valence-corrected chi connectivity index (χ2v) is 4.63. The van der Waals surface area contributed by atoms with Crippen LogP contribution in [-0.4, -0.2) is 4.98 Å². The first-order chi connectivity index (χ1) is 9.45. The molecule has 0 fully saturated rings. The molecule has 0 aliphatic carbocycles.